The number of likely N-dealkylation sites (tertiary alicyclic amines) is 1. The van der Waals surface area contributed by atoms with Gasteiger partial charge < -0.3 is 31.3 Å². The van der Waals surface area contributed by atoms with Crippen LogP contribution in [0.2, 0.25) is 0 Å². The van der Waals surface area contributed by atoms with Gasteiger partial charge in [0.25, 0.3) is 5.91 Å². The maximum absolute atomic E-state index is 13.6. The molecule has 13 nitrogen and oxygen atoms in total. The summed E-state index contributed by atoms with van der Waals surface area (Å²) in [5.74, 6) is -5.95. The van der Waals surface area contributed by atoms with Crippen LogP contribution in [0.3, 0.4) is 0 Å². The van der Waals surface area contributed by atoms with E-state index in [1.165, 1.54) is 33.3 Å². The van der Waals surface area contributed by atoms with E-state index < -0.39 is 65.4 Å². The third-order valence-electron chi connectivity index (χ3n) is 8.00. The molecule has 0 aromatic carbocycles. The molecular weight excluding hydrogens is 551 g/mol. The topological polar surface area (TPSA) is 186 Å². The van der Waals surface area contributed by atoms with Crippen LogP contribution in [-0.2, 0) is 24.0 Å². The molecule has 3 heterocycles. The Morgan fingerprint density at radius 1 is 1.22 bits per heavy atom. The number of aromatic nitrogens is 2. The summed E-state index contributed by atoms with van der Waals surface area (Å²) >= 11 is 0. The summed E-state index contributed by atoms with van der Waals surface area (Å²) in [6, 6.07) is -4.16. The summed E-state index contributed by atoms with van der Waals surface area (Å²) in [5.41, 5.74) is 4.25. The number of rotatable bonds is 7. The minimum atomic E-state index is -5.22. The van der Waals surface area contributed by atoms with E-state index >= 15 is 0 Å². The van der Waals surface area contributed by atoms with E-state index in [9.17, 15) is 37.1 Å². The summed E-state index contributed by atoms with van der Waals surface area (Å²) in [7, 11) is 0. The number of carbonyl (C=O) groups is 5. The van der Waals surface area contributed by atoms with Gasteiger partial charge in [0, 0.05) is 13.0 Å². The molecule has 2 aliphatic heterocycles. The highest BCUT2D eigenvalue weighted by Crippen LogP contribution is 2.65. The number of nitrogens with one attached hydrogen (secondary N) is 3. The summed E-state index contributed by atoms with van der Waals surface area (Å²) in [4.78, 5) is 72.7. The number of anilines is 1. The van der Waals surface area contributed by atoms with Gasteiger partial charge in [0.1, 0.15) is 30.1 Å². The SMILES string of the molecule is CC(C)(C)C(NC(=O)C(F)(F)F)C(=O)N1C[C@H]2[C@@H]([C@H]1C(=O)N[C@@H](CC1Oc3ncncc3NC1=O)C(N)=O)C2(C)C. The van der Waals surface area contributed by atoms with Crippen LogP contribution in [0.1, 0.15) is 41.0 Å². The number of primary amides is 1. The third kappa shape index (κ3) is 5.77. The van der Waals surface area contributed by atoms with Crippen molar-refractivity contribution in [2.75, 3.05) is 11.9 Å². The average molecular weight is 584 g/mol. The maximum atomic E-state index is 13.6. The van der Waals surface area contributed by atoms with Gasteiger partial charge in [-0.05, 0) is 22.7 Å². The fraction of sp³-hybridized carbons (Fsp3) is 0.640. The molecule has 5 amide bonds. The molecule has 2 unspecified atom stereocenters. The number of nitrogens with two attached hydrogens (primary N) is 1. The van der Waals surface area contributed by atoms with Crippen LogP contribution in [0.25, 0.3) is 0 Å². The molecule has 2 fully saturated rings. The Hall–Kier alpha value is -3.98. The van der Waals surface area contributed by atoms with Crippen LogP contribution in [0, 0.1) is 22.7 Å². The standard InChI is InChI=1S/C25H32F3N7O6/c1-23(2,3)16(34-22(40)25(26,27)28)21(39)35-8-10-14(24(10,4)5)15(35)19(38)32-11(17(29)36)6-13-18(37)33-12-7-30-9-31-20(12)41-13/h7,9-11,13-16H,6,8H2,1-5H3,(H2,29,36)(H,32,38)(H,33,37)(H,34,40)/t10-,11-,13?,14-,15-,16?/m0/s1. The lowest BCUT2D eigenvalue weighted by Gasteiger charge is -2.38. The van der Waals surface area contributed by atoms with Gasteiger partial charge in [-0.1, -0.05) is 34.6 Å². The molecule has 6 atom stereocenters. The molecule has 1 aromatic rings. The predicted octanol–water partition coefficient (Wildman–Crippen LogP) is 0.113. The zero-order chi connectivity index (χ0) is 30.7. The maximum Gasteiger partial charge on any atom is 0.471 e. The highest BCUT2D eigenvalue weighted by Gasteiger charge is 2.70. The number of piperidine rings is 1. The number of hydrogen-bond donors (Lipinski definition) is 4. The quantitative estimate of drug-likeness (QED) is 0.348. The molecule has 1 aliphatic carbocycles. The zero-order valence-corrected chi connectivity index (χ0v) is 23.0. The molecule has 1 saturated carbocycles. The number of hydrogen-bond acceptors (Lipinski definition) is 8. The van der Waals surface area contributed by atoms with E-state index in [0.29, 0.717) is 0 Å². The van der Waals surface area contributed by atoms with E-state index in [1.807, 2.05) is 13.8 Å². The molecule has 0 spiro atoms. The fourth-order valence-electron chi connectivity index (χ4n) is 5.61. The first-order valence-electron chi connectivity index (χ1n) is 12.9. The second-order valence-corrected chi connectivity index (χ2v) is 12.2. The van der Waals surface area contributed by atoms with Gasteiger partial charge >= 0.3 is 12.1 Å². The summed E-state index contributed by atoms with van der Waals surface area (Å²) in [6.45, 7) is 8.32. The minimum absolute atomic E-state index is 0.0587. The van der Waals surface area contributed by atoms with E-state index in [-0.39, 0.29) is 41.8 Å². The molecule has 3 aliphatic rings. The van der Waals surface area contributed by atoms with Crippen LogP contribution in [0.15, 0.2) is 12.5 Å². The van der Waals surface area contributed by atoms with Gasteiger partial charge in [-0.15, -0.1) is 0 Å². The smallest absolute Gasteiger partial charge is 0.463 e. The summed E-state index contributed by atoms with van der Waals surface area (Å²) in [5, 5.41) is 6.82. The summed E-state index contributed by atoms with van der Waals surface area (Å²) in [6.07, 6.45) is -4.30. The number of halogens is 3. The van der Waals surface area contributed by atoms with Crippen molar-refractivity contribution < 1.29 is 41.9 Å². The second kappa shape index (κ2) is 10.1. The Morgan fingerprint density at radius 2 is 1.88 bits per heavy atom. The van der Waals surface area contributed by atoms with Crippen molar-refractivity contribution in [3.63, 3.8) is 0 Å². The van der Waals surface area contributed by atoms with Crippen molar-refractivity contribution in [3.8, 4) is 5.88 Å². The number of fused-ring (bicyclic) bond motifs is 2. The fourth-order valence-corrected chi connectivity index (χ4v) is 5.61. The van der Waals surface area contributed by atoms with Crippen LogP contribution in [0.5, 0.6) is 5.88 Å². The molecule has 1 saturated heterocycles. The van der Waals surface area contributed by atoms with Crippen LogP contribution in [-0.4, -0.2) is 81.4 Å². The first-order chi connectivity index (χ1) is 18.8. The van der Waals surface area contributed by atoms with E-state index in [2.05, 4.69) is 20.6 Å². The van der Waals surface area contributed by atoms with Crippen molar-refractivity contribution in [2.24, 2.45) is 28.4 Å². The molecular formula is C25H32F3N7O6. The number of amides is 5. The van der Waals surface area contributed by atoms with Crippen molar-refractivity contribution in [1.29, 1.82) is 0 Å². The highest BCUT2D eigenvalue weighted by molar-refractivity contribution is 5.99. The Labute approximate surface area is 233 Å². The monoisotopic (exact) mass is 583 g/mol. The molecule has 0 radical (unpaired) electrons. The van der Waals surface area contributed by atoms with Gasteiger partial charge in [0.05, 0.1) is 6.20 Å². The lowest BCUT2D eigenvalue weighted by molar-refractivity contribution is -0.176. The molecule has 4 rings (SSSR count). The third-order valence-corrected chi connectivity index (χ3v) is 8.00. The number of carbonyl (C=O) groups excluding carboxylic acids is 5. The lowest BCUT2D eigenvalue weighted by atomic mass is 9.85. The van der Waals surface area contributed by atoms with E-state index in [1.54, 1.807) is 5.32 Å². The van der Waals surface area contributed by atoms with Gasteiger partial charge in [-0.3, -0.25) is 24.0 Å². The second-order valence-electron chi connectivity index (χ2n) is 12.2. The summed E-state index contributed by atoms with van der Waals surface area (Å²) < 4.78 is 44.7. The average Bonchev–Trinajstić information content (AvgIpc) is 3.18. The normalized spacial score (nSPS) is 26.0. The largest absolute Gasteiger partial charge is 0.471 e. The Morgan fingerprint density at radius 3 is 2.46 bits per heavy atom. The Bertz CT molecular complexity index is 1280. The van der Waals surface area contributed by atoms with Crippen molar-refractivity contribution in [3.05, 3.63) is 12.5 Å². The van der Waals surface area contributed by atoms with Gasteiger partial charge in [0.15, 0.2) is 6.10 Å². The van der Waals surface area contributed by atoms with Crippen LogP contribution >= 0.6 is 0 Å². The Balaban J connectivity index is 1.54. The molecule has 0 bridgehead atoms. The minimum Gasteiger partial charge on any atom is -0.463 e. The lowest BCUT2D eigenvalue weighted by Crippen LogP contribution is -2.61. The molecule has 5 N–H and O–H groups in total. The number of alkyl halides is 3. The molecule has 16 heteroatoms. The van der Waals surface area contributed by atoms with Gasteiger partial charge in [-0.2, -0.15) is 18.2 Å². The predicted molar refractivity (Wildman–Crippen MR) is 135 cm³/mol. The van der Waals surface area contributed by atoms with Crippen LogP contribution < -0.4 is 26.4 Å². The van der Waals surface area contributed by atoms with Gasteiger partial charge in [0.2, 0.25) is 23.6 Å². The van der Waals surface area contributed by atoms with Crippen molar-refractivity contribution >= 4 is 35.2 Å². The molecule has 1 aromatic heterocycles. The molecule has 41 heavy (non-hydrogen) atoms. The first kappa shape index (κ1) is 30.0. The first-order valence-corrected chi connectivity index (χ1v) is 12.9. The Kier molecular flexibility index (Phi) is 7.41. The van der Waals surface area contributed by atoms with E-state index in [4.69, 9.17) is 10.5 Å². The van der Waals surface area contributed by atoms with Crippen molar-refractivity contribution in [2.45, 2.75) is 71.4 Å². The highest BCUT2D eigenvalue weighted by atomic mass is 19.4. The zero-order valence-electron chi connectivity index (χ0n) is 23.0. The van der Waals surface area contributed by atoms with Crippen LogP contribution in [0.4, 0.5) is 18.9 Å². The van der Waals surface area contributed by atoms with E-state index in [0.717, 1.165) is 4.90 Å². The molecule has 224 valence electrons. The number of ether oxygens (including phenoxy) is 1. The van der Waals surface area contributed by atoms with Crippen molar-refractivity contribution in [1.82, 2.24) is 25.5 Å². The van der Waals surface area contributed by atoms with Gasteiger partial charge in [-0.25, -0.2) is 4.98 Å². The number of nitrogens with zero attached hydrogens (tertiary/aromatic N) is 3.